The summed E-state index contributed by atoms with van der Waals surface area (Å²) in [6.45, 7) is 12.0. The standard InChI is InChI=1S/C24H37N5O2/c1-3-25-24(26-18-20-10-17-31-22-9-5-4-8-21(20)22)29-15-13-27(14-16-29)19(2)23(30)28-11-6-7-12-28/h4-5,8-9,19-20H,3,6-7,10-18H2,1-2H3,(H,25,26). The Morgan fingerprint density at radius 2 is 1.87 bits per heavy atom. The van der Waals surface area contributed by atoms with Crippen LogP contribution in [0.3, 0.4) is 0 Å². The first-order valence-corrected chi connectivity index (χ1v) is 11.9. The summed E-state index contributed by atoms with van der Waals surface area (Å²) in [5.74, 6) is 2.69. The molecular weight excluding hydrogens is 390 g/mol. The second kappa shape index (κ2) is 10.4. The molecule has 7 nitrogen and oxygen atoms in total. The fourth-order valence-corrected chi connectivity index (χ4v) is 4.91. The molecule has 1 N–H and O–H groups in total. The first-order valence-electron chi connectivity index (χ1n) is 11.9. The maximum Gasteiger partial charge on any atom is 0.239 e. The van der Waals surface area contributed by atoms with Crippen molar-refractivity contribution >= 4 is 11.9 Å². The second-order valence-corrected chi connectivity index (χ2v) is 8.80. The van der Waals surface area contributed by atoms with Gasteiger partial charge in [0.15, 0.2) is 5.96 Å². The quantitative estimate of drug-likeness (QED) is 0.576. The topological polar surface area (TPSA) is 60.4 Å². The Kier molecular flexibility index (Phi) is 7.33. The number of ether oxygens (including phenoxy) is 1. The number of likely N-dealkylation sites (tertiary alicyclic amines) is 1. The number of hydrogen-bond donors (Lipinski definition) is 1. The highest BCUT2D eigenvalue weighted by Crippen LogP contribution is 2.33. The highest BCUT2D eigenvalue weighted by atomic mass is 16.5. The normalized spacial score (nSPS) is 23.3. The van der Waals surface area contributed by atoms with Gasteiger partial charge in [-0.25, -0.2) is 0 Å². The molecule has 2 saturated heterocycles. The third-order valence-electron chi connectivity index (χ3n) is 6.82. The SMILES string of the molecule is CCNC(=NCC1CCOc2ccccc21)N1CCN(C(C)C(=O)N2CCCC2)CC1. The van der Waals surface area contributed by atoms with Crippen LogP contribution < -0.4 is 10.1 Å². The minimum Gasteiger partial charge on any atom is -0.493 e. The lowest BCUT2D eigenvalue weighted by Crippen LogP contribution is -2.57. The largest absolute Gasteiger partial charge is 0.493 e. The van der Waals surface area contributed by atoms with E-state index in [4.69, 9.17) is 9.73 Å². The van der Waals surface area contributed by atoms with Gasteiger partial charge in [0.05, 0.1) is 12.6 Å². The minimum absolute atomic E-state index is 0.0292. The molecule has 3 aliphatic heterocycles. The number of rotatable bonds is 5. The lowest BCUT2D eigenvalue weighted by molar-refractivity contribution is -0.135. The molecule has 3 heterocycles. The van der Waals surface area contributed by atoms with Gasteiger partial charge in [-0.15, -0.1) is 0 Å². The van der Waals surface area contributed by atoms with Gasteiger partial charge < -0.3 is 19.9 Å². The number of nitrogens with one attached hydrogen (secondary N) is 1. The predicted octanol–water partition coefficient (Wildman–Crippen LogP) is 2.15. The smallest absolute Gasteiger partial charge is 0.239 e. The molecule has 170 valence electrons. The van der Waals surface area contributed by atoms with E-state index in [1.165, 1.54) is 5.56 Å². The van der Waals surface area contributed by atoms with Crippen LogP contribution in [0.15, 0.2) is 29.3 Å². The molecule has 2 atom stereocenters. The molecule has 7 heteroatoms. The number of benzene rings is 1. The molecule has 0 aliphatic carbocycles. The zero-order valence-corrected chi connectivity index (χ0v) is 19.1. The van der Waals surface area contributed by atoms with Crippen LogP contribution in [-0.2, 0) is 4.79 Å². The highest BCUT2D eigenvalue weighted by molar-refractivity contribution is 5.82. The van der Waals surface area contributed by atoms with E-state index >= 15 is 0 Å². The van der Waals surface area contributed by atoms with Gasteiger partial charge in [0.25, 0.3) is 0 Å². The number of guanidine groups is 1. The third kappa shape index (κ3) is 5.14. The van der Waals surface area contributed by atoms with Crippen molar-refractivity contribution < 1.29 is 9.53 Å². The first kappa shape index (κ1) is 21.9. The van der Waals surface area contributed by atoms with Crippen LogP contribution in [0.2, 0.25) is 0 Å². The Morgan fingerprint density at radius 3 is 2.61 bits per heavy atom. The maximum atomic E-state index is 12.8. The molecule has 0 bridgehead atoms. The van der Waals surface area contributed by atoms with Gasteiger partial charge in [-0.2, -0.15) is 0 Å². The molecule has 0 saturated carbocycles. The summed E-state index contributed by atoms with van der Waals surface area (Å²) in [6.07, 6.45) is 3.29. The van der Waals surface area contributed by atoms with E-state index in [1.807, 2.05) is 11.0 Å². The number of carbonyl (C=O) groups is 1. The summed E-state index contributed by atoms with van der Waals surface area (Å²) in [4.78, 5) is 24.5. The van der Waals surface area contributed by atoms with Gasteiger partial charge in [-0.1, -0.05) is 18.2 Å². The van der Waals surface area contributed by atoms with Gasteiger partial charge in [-0.05, 0) is 44.7 Å². The molecule has 1 aromatic rings. The molecular formula is C24H37N5O2. The van der Waals surface area contributed by atoms with Crippen LogP contribution in [0.1, 0.15) is 44.6 Å². The summed E-state index contributed by atoms with van der Waals surface area (Å²) in [5, 5.41) is 3.48. The van der Waals surface area contributed by atoms with Crippen molar-refractivity contribution in [3.8, 4) is 5.75 Å². The summed E-state index contributed by atoms with van der Waals surface area (Å²) in [5.41, 5.74) is 1.27. The number of fused-ring (bicyclic) bond motifs is 1. The molecule has 31 heavy (non-hydrogen) atoms. The zero-order valence-electron chi connectivity index (χ0n) is 19.1. The van der Waals surface area contributed by atoms with E-state index in [-0.39, 0.29) is 6.04 Å². The summed E-state index contributed by atoms with van der Waals surface area (Å²) in [7, 11) is 0. The number of nitrogens with zero attached hydrogens (tertiary/aromatic N) is 4. The van der Waals surface area contributed by atoms with Crippen molar-refractivity contribution in [2.45, 2.75) is 45.1 Å². The summed E-state index contributed by atoms with van der Waals surface area (Å²) in [6, 6.07) is 8.31. The molecule has 2 fully saturated rings. The number of piperazine rings is 1. The Labute approximate surface area is 186 Å². The average molecular weight is 428 g/mol. The molecule has 0 spiro atoms. The van der Waals surface area contributed by atoms with Crippen molar-refractivity contribution in [1.82, 2.24) is 20.0 Å². The lowest BCUT2D eigenvalue weighted by Gasteiger charge is -2.39. The lowest BCUT2D eigenvalue weighted by atomic mass is 9.93. The number of aliphatic imine (C=N–C) groups is 1. The van der Waals surface area contributed by atoms with Crippen LogP contribution in [0.5, 0.6) is 5.75 Å². The monoisotopic (exact) mass is 427 g/mol. The number of carbonyl (C=O) groups excluding carboxylic acids is 1. The van der Waals surface area contributed by atoms with Crippen molar-refractivity contribution in [2.24, 2.45) is 4.99 Å². The van der Waals surface area contributed by atoms with Crippen LogP contribution >= 0.6 is 0 Å². The van der Waals surface area contributed by atoms with Crippen LogP contribution in [-0.4, -0.2) is 91.6 Å². The van der Waals surface area contributed by atoms with E-state index in [0.29, 0.717) is 11.8 Å². The van der Waals surface area contributed by atoms with E-state index < -0.39 is 0 Å². The fraction of sp³-hybridized carbons (Fsp3) is 0.667. The summed E-state index contributed by atoms with van der Waals surface area (Å²) < 4.78 is 5.80. The maximum absolute atomic E-state index is 12.8. The van der Waals surface area contributed by atoms with E-state index in [0.717, 1.165) is 89.9 Å². The van der Waals surface area contributed by atoms with E-state index in [2.05, 4.69) is 47.2 Å². The molecule has 1 aromatic carbocycles. The Morgan fingerprint density at radius 1 is 1.13 bits per heavy atom. The van der Waals surface area contributed by atoms with Gasteiger partial charge in [-0.3, -0.25) is 14.7 Å². The van der Waals surface area contributed by atoms with Gasteiger partial charge in [0.1, 0.15) is 5.75 Å². The summed E-state index contributed by atoms with van der Waals surface area (Å²) >= 11 is 0. The Hall–Kier alpha value is -2.28. The predicted molar refractivity (Wildman–Crippen MR) is 124 cm³/mol. The van der Waals surface area contributed by atoms with Crippen molar-refractivity contribution in [2.75, 3.05) is 59.0 Å². The molecule has 0 aromatic heterocycles. The van der Waals surface area contributed by atoms with Gasteiger partial charge >= 0.3 is 0 Å². The number of hydrogen-bond acceptors (Lipinski definition) is 4. The molecule has 2 unspecified atom stereocenters. The Bertz CT molecular complexity index is 769. The fourth-order valence-electron chi connectivity index (χ4n) is 4.91. The van der Waals surface area contributed by atoms with Crippen LogP contribution in [0.25, 0.3) is 0 Å². The van der Waals surface area contributed by atoms with E-state index in [1.54, 1.807) is 0 Å². The van der Waals surface area contributed by atoms with Crippen molar-refractivity contribution in [3.05, 3.63) is 29.8 Å². The van der Waals surface area contributed by atoms with Crippen molar-refractivity contribution in [3.63, 3.8) is 0 Å². The minimum atomic E-state index is -0.0292. The van der Waals surface area contributed by atoms with E-state index in [9.17, 15) is 4.79 Å². The van der Waals surface area contributed by atoms with Crippen molar-refractivity contribution in [1.29, 1.82) is 0 Å². The van der Waals surface area contributed by atoms with Gasteiger partial charge in [0.2, 0.25) is 5.91 Å². The highest BCUT2D eigenvalue weighted by Gasteiger charge is 2.30. The number of para-hydroxylation sites is 1. The Balaban J connectivity index is 1.35. The molecule has 0 radical (unpaired) electrons. The average Bonchev–Trinajstić information content (AvgIpc) is 3.36. The first-order chi connectivity index (χ1) is 15.2. The number of amides is 1. The third-order valence-corrected chi connectivity index (χ3v) is 6.82. The van der Waals surface area contributed by atoms with Gasteiger partial charge in [0, 0.05) is 58.3 Å². The van der Waals surface area contributed by atoms with Crippen LogP contribution in [0.4, 0.5) is 0 Å². The zero-order chi connectivity index (χ0) is 21.6. The molecule has 1 amide bonds. The second-order valence-electron chi connectivity index (χ2n) is 8.80. The van der Waals surface area contributed by atoms with Crippen LogP contribution in [0, 0.1) is 0 Å². The molecule has 3 aliphatic rings. The molecule has 4 rings (SSSR count).